The maximum Gasteiger partial charge on any atom is 0.144 e. The summed E-state index contributed by atoms with van der Waals surface area (Å²) < 4.78 is 16.5. The van der Waals surface area contributed by atoms with Crippen molar-refractivity contribution in [2.24, 2.45) is 4.40 Å². The third kappa shape index (κ3) is 4.86. The van der Waals surface area contributed by atoms with Crippen LogP contribution in [-0.2, 0) is 11.4 Å². The van der Waals surface area contributed by atoms with E-state index in [1.165, 1.54) is 0 Å². The van der Waals surface area contributed by atoms with Gasteiger partial charge >= 0.3 is 0 Å². The second-order valence-electron chi connectivity index (χ2n) is 6.75. The number of hydrogen-bond donors (Lipinski definition) is 1. The molecule has 1 aliphatic rings. The van der Waals surface area contributed by atoms with Gasteiger partial charge in [-0.2, -0.15) is 0 Å². The first-order chi connectivity index (χ1) is 10.7. The standard InChI is InChI=1S/C16H24BrN3O2S/c1-16(2,3)23(22)18-11-12-9-15(21)14(10-13(12)17)20-7-5-19(4)6-8-20/h9-11,21H,5-8H2,1-4H3. The highest BCUT2D eigenvalue weighted by atomic mass is 79.9. The molecule has 0 amide bonds. The molecule has 1 fully saturated rings. The molecule has 1 heterocycles. The summed E-state index contributed by atoms with van der Waals surface area (Å²) in [6.45, 7) is 9.36. The van der Waals surface area contributed by atoms with E-state index in [-0.39, 0.29) is 5.75 Å². The van der Waals surface area contributed by atoms with E-state index in [0.29, 0.717) is 0 Å². The molecule has 1 atom stereocenters. The van der Waals surface area contributed by atoms with E-state index in [1.54, 1.807) is 12.3 Å². The van der Waals surface area contributed by atoms with Gasteiger partial charge in [0, 0.05) is 36.2 Å². The fraction of sp³-hybridized carbons (Fsp3) is 0.562. The summed E-state index contributed by atoms with van der Waals surface area (Å²) >= 11 is 2.21. The normalized spacial score (nSPS) is 18.6. The zero-order valence-electron chi connectivity index (χ0n) is 14.0. The molecule has 1 saturated heterocycles. The summed E-state index contributed by atoms with van der Waals surface area (Å²) in [7, 11) is 2.10. The molecule has 1 N–H and O–H groups in total. The minimum Gasteiger partial charge on any atom is -0.591 e. The topological polar surface area (TPSA) is 62.1 Å². The summed E-state index contributed by atoms with van der Waals surface area (Å²) in [5.41, 5.74) is 1.54. The van der Waals surface area contributed by atoms with Crippen molar-refractivity contribution in [3.8, 4) is 5.75 Å². The molecule has 0 bridgehead atoms. The second kappa shape index (κ2) is 7.42. The first-order valence-corrected chi connectivity index (χ1v) is 9.50. The molecule has 7 heteroatoms. The van der Waals surface area contributed by atoms with Gasteiger partial charge < -0.3 is 19.5 Å². The number of phenols is 1. The Morgan fingerprint density at radius 3 is 2.43 bits per heavy atom. The van der Waals surface area contributed by atoms with Crippen molar-refractivity contribution in [2.75, 3.05) is 38.1 Å². The Hall–Kier alpha value is -0.760. The molecule has 2 rings (SSSR count). The maximum absolute atomic E-state index is 12.0. The van der Waals surface area contributed by atoms with Crippen LogP contribution in [-0.4, -0.2) is 58.7 Å². The van der Waals surface area contributed by atoms with E-state index < -0.39 is 16.1 Å². The average Bonchev–Trinajstić information content (AvgIpc) is 2.47. The molecule has 23 heavy (non-hydrogen) atoms. The molecule has 128 valence electrons. The van der Waals surface area contributed by atoms with E-state index in [4.69, 9.17) is 0 Å². The van der Waals surface area contributed by atoms with E-state index >= 15 is 0 Å². The van der Waals surface area contributed by atoms with Gasteiger partial charge in [0.2, 0.25) is 0 Å². The van der Waals surface area contributed by atoms with Crippen molar-refractivity contribution in [1.82, 2.24) is 4.90 Å². The predicted molar refractivity (Wildman–Crippen MR) is 101 cm³/mol. The van der Waals surface area contributed by atoms with Crippen LogP contribution in [0.5, 0.6) is 5.75 Å². The fourth-order valence-corrected chi connectivity index (χ4v) is 3.19. The van der Waals surface area contributed by atoms with Crippen LogP contribution in [0.1, 0.15) is 26.3 Å². The van der Waals surface area contributed by atoms with Gasteiger partial charge in [-0.1, -0.05) is 20.3 Å². The molecule has 1 aromatic rings. The lowest BCUT2D eigenvalue weighted by Gasteiger charge is -2.34. The average molecular weight is 402 g/mol. The summed E-state index contributed by atoms with van der Waals surface area (Å²) in [6.07, 6.45) is 1.55. The molecular formula is C16H24BrN3O2S. The van der Waals surface area contributed by atoms with Crippen LogP contribution in [0, 0.1) is 0 Å². The van der Waals surface area contributed by atoms with Crippen molar-refractivity contribution < 1.29 is 9.66 Å². The van der Waals surface area contributed by atoms with Gasteiger partial charge in [-0.25, -0.2) is 0 Å². The van der Waals surface area contributed by atoms with Gasteiger partial charge in [0.05, 0.1) is 11.9 Å². The molecule has 0 radical (unpaired) electrons. The number of benzene rings is 1. The van der Waals surface area contributed by atoms with E-state index in [0.717, 1.165) is 41.9 Å². The highest BCUT2D eigenvalue weighted by molar-refractivity contribution is 9.10. The van der Waals surface area contributed by atoms with Crippen molar-refractivity contribution in [3.63, 3.8) is 0 Å². The number of piperazine rings is 1. The molecule has 0 aromatic heterocycles. The molecule has 1 unspecified atom stereocenters. The van der Waals surface area contributed by atoms with Crippen LogP contribution in [0.4, 0.5) is 5.69 Å². The molecule has 0 saturated carbocycles. The summed E-state index contributed by atoms with van der Waals surface area (Å²) in [5.74, 6) is 0.223. The van der Waals surface area contributed by atoms with Gasteiger partial charge in [0.25, 0.3) is 0 Å². The van der Waals surface area contributed by atoms with Crippen LogP contribution in [0.2, 0.25) is 0 Å². The van der Waals surface area contributed by atoms with Gasteiger partial charge in [-0.3, -0.25) is 0 Å². The van der Waals surface area contributed by atoms with E-state index in [9.17, 15) is 9.66 Å². The Bertz CT molecular complexity index is 581. The SMILES string of the molecule is CN1CCN(c2cc(Br)c(C=N[S+]([O-])C(C)(C)C)cc2O)CC1. The lowest BCUT2D eigenvalue weighted by Crippen LogP contribution is -2.44. The van der Waals surface area contributed by atoms with Crippen LogP contribution in [0.15, 0.2) is 21.0 Å². The Balaban J connectivity index is 2.19. The minimum atomic E-state index is -1.32. The quantitative estimate of drug-likeness (QED) is 0.624. The number of anilines is 1. The van der Waals surface area contributed by atoms with Gasteiger partial charge in [-0.15, -0.1) is 0 Å². The Kier molecular flexibility index (Phi) is 5.99. The van der Waals surface area contributed by atoms with Crippen LogP contribution >= 0.6 is 15.9 Å². The monoisotopic (exact) mass is 401 g/mol. The molecule has 0 aliphatic carbocycles. The van der Waals surface area contributed by atoms with E-state index in [1.807, 2.05) is 26.8 Å². The van der Waals surface area contributed by atoms with E-state index in [2.05, 4.69) is 37.2 Å². The zero-order chi connectivity index (χ0) is 17.2. The van der Waals surface area contributed by atoms with Crippen LogP contribution < -0.4 is 4.90 Å². The number of rotatable bonds is 3. The molecule has 1 aliphatic heterocycles. The Labute approximate surface area is 149 Å². The first kappa shape index (κ1) is 18.6. The first-order valence-electron chi connectivity index (χ1n) is 7.60. The molecule has 0 spiro atoms. The number of nitrogens with zero attached hydrogens (tertiary/aromatic N) is 3. The number of likely N-dealkylation sites (N-methyl/N-ethyl adjacent to an activating group) is 1. The summed E-state index contributed by atoms with van der Waals surface area (Å²) in [6, 6.07) is 3.57. The predicted octanol–water partition coefficient (Wildman–Crippen LogP) is 2.79. The highest BCUT2D eigenvalue weighted by Crippen LogP contribution is 2.33. The Morgan fingerprint density at radius 1 is 1.26 bits per heavy atom. The van der Waals surface area contributed by atoms with Crippen molar-refractivity contribution in [1.29, 1.82) is 0 Å². The van der Waals surface area contributed by atoms with Crippen molar-refractivity contribution >= 4 is 39.2 Å². The van der Waals surface area contributed by atoms with Gasteiger partial charge in [0.15, 0.2) is 0 Å². The maximum atomic E-state index is 12.0. The fourth-order valence-electron chi connectivity index (χ4n) is 2.23. The van der Waals surface area contributed by atoms with Crippen LogP contribution in [0.25, 0.3) is 0 Å². The second-order valence-corrected chi connectivity index (χ2v) is 9.54. The molecule has 1 aromatic carbocycles. The summed E-state index contributed by atoms with van der Waals surface area (Å²) in [5, 5.41) is 10.3. The molecule has 5 nitrogen and oxygen atoms in total. The highest BCUT2D eigenvalue weighted by Gasteiger charge is 2.26. The van der Waals surface area contributed by atoms with Crippen molar-refractivity contribution in [3.05, 3.63) is 22.2 Å². The summed E-state index contributed by atoms with van der Waals surface area (Å²) in [4.78, 5) is 4.44. The minimum absolute atomic E-state index is 0.223. The lowest BCUT2D eigenvalue weighted by molar-refractivity contribution is 0.311. The third-order valence-corrected chi connectivity index (χ3v) is 5.78. The Morgan fingerprint density at radius 2 is 1.87 bits per heavy atom. The van der Waals surface area contributed by atoms with Gasteiger partial charge in [0.1, 0.15) is 21.9 Å². The van der Waals surface area contributed by atoms with Crippen LogP contribution in [0.3, 0.4) is 0 Å². The third-order valence-electron chi connectivity index (χ3n) is 3.75. The largest absolute Gasteiger partial charge is 0.591 e. The lowest BCUT2D eigenvalue weighted by atomic mass is 10.1. The number of phenolic OH excluding ortho intramolecular Hbond substituents is 1. The number of hydrogen-bond acceptors (Lipinski definition) is 5. The van der Waals surface area contributed by atoms with Crippen molar-refractivity contribution in [2.45, 2.75) is 25.5 Å². The zero-order valence-corrected chi connectivity index (χ0v) is 16.4. The number of aromatic hydroxyl groups is 1. The van der Waals surface area contributed by atoms with Gasteiger partial charge in [-0.05, 0) is 40.0 Å². The molecular weight excluding hydrogens is 378 g/mol. The smallest absolute Gasteiger partial charge is 0.144 e. The number of halogens is 1.